The van der Waals surface area contributed by atoms with Gasteiger partial charge < -0.3 is 15.5 Å². The third-order valence-electron chi connectivity index (χ3n) is 4.63. The molecule has 28 heavy (non-hydrogen) atoms. The molecule has 0 bridgehead atoms. The van der Waals surface area contributed by atoms with E-state index >= 15 is 0 Å². The van der Waals surface area contributed by atoms with Gasteiger partial charge in [0.05, 0.1) is 11.6 Å². The standard InChI is InChI=1S/C21H22FN5O/c1-24-21(26-14-17-7-4-16(12-23)11-19(17)22)25-13-15-5-8-18(9-6-15)27-10-2-3-20(27)28/h4-9,11H,2-3,10,13-14H2,1H3,(H2,24,25,26). The molecule has 0 aromatic heterocycles. The SMILES string of the molecule is CN=C(NCc1ccc(N2CCCC2=O)cc1)NCc1ccc(C#N)cc1F. The van der Waals surface area contributed by atoms with Crippen molar-refractivity contribution in [1.29, 1.82) is 5.26 Å². The molecule has 1 aliphatic heterocycles. The summed E-state index contributed by atoms with van der Waals surface area (Å²) in [6, 6.07) is 14.2. The summed E-state index contributed by atoms with van der Waals surface area (Å²) in [5.74, 6) is 0.294. The Morgan fingerprint density at radius 3 is 2.57 bits per heavy atom. The highest BCUT2D eigenvalue weighted by molar-refractivity contribution is 5.95. The van der Waals surface area contributed by atoms with Gasteiger partial charge in [0.1, 0.15) is 5.82 Å². The molecule has 0 unspecified atom stereocenters. The van der Waals surface area contributed by atoms with E-state index in [1.54, 1.807) is 19.2 Å². The van der Waals surface area contributed by atoms with Crippen LogP contribution in [0.5, 0.6) is 0 Å². The van der Waals surface area contributed by atoms with Gasteiger partial charge in [-0.15, -0.1) is 0 Å². The molecule has 0 spiro atoms. The van der Waals surface area contributed by atoms with E-state index in [0.717, 1.165) is 24.2 Å². The Balaban J connectivity index is 1.53. The number of rotatable bonds is 5. The smallest absolute Gasteiger partial charge is 0.227 e. The Bertz CT molecular complexity index is 917. The van der Waals surface area contributed by atoms with Crippen LogP contribution in [0.25, 0.3) is 0 Å². The number of aliphatic imine (C=N–C) groups is 1. The number of hydrogen-bond acceptors (Lipinski definition) is 3. The third-order valence-corrected chi connectivity index (χ3v) is 4.63. The van der Waals surface area contributed by atoms with Crippen LogP contribution in [0.15, 0.2) is 47.5 Å². The molecule has 144 valence electrons. The molecule has 2 aromatic rings. The van der Waals surface area contributed by atoms with Gasteiger partial charge in [-0.3, -0.25) is 9.79 Å². The summed E-state index contributed by atoms with van der Waals surface area (Å²) in [6.45, 7) is 1.58. The van der Waals surface area contributed by atoms with Crippen LogP contribution in [-0.4, -0.2) is 25.5 Å². The summed E-state index contributed by atoms with van der Waals surface area (Å²) < 4.78 is 14.0. The molecule has 0 radical (unpaired) electrons. The summed E-state index contributed by atoms with van der Waals surface area (Å²) in [6.07, 6.45) is 1.52. The van der Waals surface area contributed by atoms with Crippen molar-refractivity contribution in [2.45, 2.75) is 25.9 Å². The van der Waals surface area contributed by atoms with Crippen LogP contribution in [0.3, 0.4) is 0 Å². The number of benzene rings is 2. The maximum atomic E-state index is 14.0. The number of guanidine groups is 1. The number of nitrogens with one attached hydrogen (secondary N) is 2. The molecule has 6 nitrogen and oxygen atoms in total. The van der Waals surface area contributed by atoms with Crippen LogP contribution in [-0.2, 0) is 17.9 Å². The van der Waals surface area contributed by atoms with E-state index < -0.39 is 5.82 Å². The Kier molecular flexibility index (Phi) is 6.22. The highest BCUT2D eigenvalue weighted by Crippen LogP contribution is 2.21. The van der Waals surface area contributed by atoms with E-state index in [9.17, 15) is 9.18 Å². The molecule has 3 rings (SSSR count). The lowest BCUT2D eigenvalue weighted by Gasteiger charge is -2.16. The lowest BCUT2D eigenvalue weighted by atomic mass is 10.1. The zero-order valence-corrected chi connectivity index (χ0v) is 15.7. The molecule has 1 fully saturated rings. The molecule has 2 N–H and O–H groups in total. The number of carbonyl (C=O) groups is 1. The molecule has 1 saturated heterocycles. The molecule has 2 aromatic carbocycles. The first-order chi connectivity index (χ1) is 13.6. The molecule has 0 saturated carbocycles. The van der Waals surface area contributed by atoms with Crippen molar-refractivity contribution >= 4 is 17.6 Å². The minimum absolute atomic E-state index is 0.172. The van der Waals surface area contributed by atoms with E-state index in [1.807, 2.05) is 35.2 Å². The third kappa shape index (κ3) is 4.65. The van der Waals surface area contributed by atoms with Gasteiger partial charge in [-0.1, -0.05) is 18.2 Å². The lowest BCUT2D eigenvalue weighted by molar-refractivity contribution is -0.117. The van der Waals surface area contributed by atoms with Crippen molar-refractivity contribution in [2.24, 2.45) is 4.99 Å². The molecular weight excluding hydrogens is 357 g/mol. The first-order valence-electron chi connectivity index (χ1n) is 9.13. The predicted molar refractivity (Wildman–Crippen MR) is 106 cm³/mol. The summed E-state index contributed by atoms with van der Waals surface area (Å²) in [7, 11) is 1.65. The average molecular weight is 379 g/mol. The Hall–Kier alpha value is -3.40. The molecule has 1 aliphatic rings. The van der Waals surface area contributed by atoms with Crippen molar-refractivity contribution < 1.29 is 9.18 Å². The monoisotopic (exact) mass is 379 g/mol. The molecule has 1 heterocycles. The fourth-order valence-corrected chi connectivity index (χ4v) is 3.06. The number of halogens is 1. The first kappa shape index (κ1) is 19.4. The summed E-state index contributed by atoms with van der Waals surface area (Å²) in [5.41, 5.74) is 2.72. The van der Waals surface area contributed by atoms with Gasteiger partial charge in [-0.2, -0.15) is 5.26 Å². The zero-order valence-electron chi connectivity index (χ0n) is 15.7. The number of carbonyl (C=O) groups excluding carboxylic acids is 1. The van der Waals surface area contributed by atoms with Crippen molar-refractivity contribution in [2.75, 3.05) is 18.5 Å². The van der Waals surface area contributed by atoms with Crippen LogP contribution in [0.1, 0.15) is 29.5 Å². The molecule has 1 amide bonds. The second-order valence-corrected chi connectivity index (χ2v) is 6.51. The fraction of sp³-hybridized carbons (Fsp3) is 0.286. The van der Waals surface area contributed by atoms with Gasteiger partial charge in [-0.25, -0.2) is 4.39 Å². The maximum Gasteiger partial charge on any atom is 0.227 e. The second-order valence-electron chi connectivity index (χ2n) is 6.51. The largest absolute Gasteiger partial charge is 0.352 e. The van der Waals surface area contributed by atoms with E-state index in [1.165, 1.54) is 6.07 Å². The van der Waals surface area contributed by atoms with Gasteiger partial charge >= 0.3 is 0 Å². The van der Waals surface area contributed by atoms with E-state index in [-0.39, 0.29) is 12.5 Å². The van der Waals surface area contributed by atoms with Crippen molar-refractivity contribution in [3.63, 3.8) is 0 Å². The van der Waals surface area contributed by atoms with Crippen molar-refractivity contribution in [1.82, 2.24) is 10.6 Å². The number of amides is 1. The Morgan fingerprint density at radius 2 is 1.96 bits per heavy atom. The first-order valence-corrected chi connectivity index (χ1v) is 9.13. The lowest BCUT2D eigenvalue weighted by Crippen LogP contribution is -2.36. The van der Waals surface area contributed by atoms with Crippen LogP contribution in [0, 0.1) is 17.1 Å². The fourth-order valence-electron chi connectivity index (χ4n) is 3.06. The molecule has 0 aliphatic carbocycles. The minimum Gasteiger partial charge on any atom is -0.352 e. The van der Waals surface area contributed by atoms with Gasteiger partial charge in [0.2, 0.25) is 5.91 Å². The van der Waals surface area contributed by atoms with Gasteiger partial charge in [0.15, 0.2) is 5.96 Å². The average Bonchev–Trinajstić information content (AvgIpc) is 3.15. The van der Waals surface area contributed by atoms with Crippen molar-refractivity contribution in [3.05, 3.63) is 65.0 Å². The van der Waals surface area contributed by atoms with E-state index in [4.69, 9.17) is 5.26 Å². The number of nitrogens with zero attached hydrogens (tertiary/aromatic N) is 3. The predicted octanol–water partition coefficient (Wildman–Crippen LogP) is 2.69. The summed E-state index contributed by atoms with van der Waals surface area (Å²) >= 11 is 0. The quantitative estimate of drug-likeness (QED) is 0.618. The Labute approximate surface area is 163 Å². The normalized spacial score (nSPS) is 14.1. The van der Waals surface area contributed by atoms with Crippen LogP contribution < -0.4 is 15.5 Å². The topological polar surface area (TPSA) is 80.5 Å². The number of anilines is 1. The van der Waals surface area contributed by atoms with E-state index in [0.29, 0.717) is 30.1 Å². The van der Waals surface area contributed by atoms with E-state index in [2.05, 4.69) is 15.6 Å². The van der Waals surface area contributed by atoms with Gasteiger partial charge in [0.25, 0.3) is 0 Å². The van der Waals surface area contributed by atoms with Crippen molar-refractivity contribution in [3.8, 4) is 6.07 Å². The second kappa shape index (κ2) is 9.00. The molecular formula is C21H22FN5O. The van der Waals surface area contributed by atoms with Crippen LogP contribution in [0.2, 0.25) is 0 Å². The Morgan fingerprint density at radius 1 is 1.21 bits per heavy atom. The summed E-state index contributed by atoms with van der Waals surface area (Å²) in [5, 5.41) is 15.0. The molecule has 0 atom stereocenters. The molecule has 7 heteroatoms. The highest BCUT2D eigenvalue weighted by Gasteiger charge is 2.21. The van der Waals surface area contributed by atoms with Crippen LogP contribution >= 0.6 is 0 Å². The zero-order chi connectivity index (χ0) is 19.9. The van der Waals surface area contributed by atoms with Gasteiger partial charge in [0, 0.05) is 44.4 Å². The number of hydrogen-bond donors (Lipinski definition) is 2. The highest BCUT2D eigenvalue weighted by atomic mass is 19.1. The van der Waals surface area contributed by atoms with Crippen LogP contribution in [0.4, 0.5) is 10.1 Å². The minimum atomic E-state index is -0.422. The number of nitriles is 1. The van der Waals surface area contributed by atoms with Gasteiger partial charge in [-0.05, 0) is 36.2 Å². The maximum absolute atomic E-state index is 14.0. The summed E-state index contributed by atoms with van der Waals surface area (Å²) in [4.78, 5) is 17.8.